The van der Waals surface area contributed by atoms with E-state index in [0.717, 1.165) is 19.4 Å². The number of benzene rings is 2. The van der Waals surface area contributed by atoms with Crippen molar-refractivity contribution in [2.45, 2.75) is 0 Å². The fourth-order valence-electron chi connectivity index (χ4n) is 1.38. The second-order valence-corrected chi connectivity index (χ2v) is 6.05. The minimum Gasteiger partial charge on any atom is -0.332 e. The van der Waals surface area contributed by atoms with Crippen LogP contribution in [0.15, 0.2) is 53.0 Å². The van der Waals surface area contributed by atoms with Crippen molar-refractivity contribution in [3.63, 3.8) is 0 Å². The Kier molecular flexibility index (Phi) is 4.96. The van der Waals surface area contributed by atoms with Gasteiger partial charge in [0, 0.05) is 13.7 Å². The number of hydrogen-bond donors (Lipinski definition) is 2. The molecule has 0 bridgehead atoms. The van der Waals surface area contributed by atoms with E-state index in [9.17, 15) is 0 Å². The highest BCUT2D eigenvalue weighted by Gasteiger charge is 2.01. The summed E-state index contributed by atoms with van der Waals surface area (Å²) in [5, 5.41) is 6.90. The standard InChI is InChI=1S/C13H10BrIN2S/c14-9-5-7-10(8-6-9)16-13(18)17-12-4-2-1-3-11(12)15/h1-8H,(H2,16,17,18). The molecule has 0 aliphatic carbocycles. The zero-order chi connectivity index (χ0) is 13.0. The molecule has 0 saturated carbocycles. The normalized spacial score (nSPS) is 9.89. The van der Waals surface area contributed by atoms with Crippen molar-refractivity contribution in [3.8, 4) is 0 Å². The van der Waals surface area contributed by atoms with Crippen LogP contribution in [-0.4, -0.2) is 5.11 Å². The smallest absolute Gasteiger partial charge is 0.175 e. The lowest BCUT2D eigenvalue weighted by atomic mass is 10.3. The van der Waals surface area contributed by atoms with E-state index in [-0.39, 0.29) is 0 Å². The number of nitrogens with one attached hydrogen (secondary N) is 2. The highest BCUT2D eigenvalue weighted by Crippen LogP contribution is 2.18. The Morgan fingerprint density at radius 1 is 1.00 bits per heavy atom. The van der Waals surface area contributed by atoms with Gasteiger partial charge in [-0.05, 0) is 71.2 Å². The predicted octanol–water partition coefficient (Wildman–Crippen LogP) is 4.86. The van der Waals surface area contributed by atoms with Gasteiger partial charge in [-0.15, -0.1) is 0 Å². The Hall–Kier alpha value is -0.660. The fourth-order valence-corrected chi connectivity index (χ4v) is 2.39. The summed E-state index contributed by atoms with van der Waals surface area (Å²) in [4.78, 5) is 0. The van der Waals surface area contributed by atoms with E-state index in [1.807, 2.05) is 48.5 Å². The van der Waals surface area contributed by atoms with Gasteiger partial charge in [0.25, 0.3) is 0 Å². The maximum absolute atomic E-state index is 5.27. The first kappa shape index (κ1) is 13.8. The molecule has 2 nitrogen and oxygen atoms in total. The van der Waals surface area contributed by atoms with Gasteiger partial charge in [0.15, 0.2) is 5.11 Å². The molecule has 0 aliphatic rings. The maximum atomic E-state index is 5.27. The lowest BCUT2D eigenvalue weighted by molar-refractivity contribution is 1.56. The Balaban J connectivity index is 2.01. The van der Waals surface area contributed by atoms with Crippen molar-refractivity contribution in [2.75, 3.05) is 10.6 Å². The van der Waals surface area contributed by atoms with Gasteiger partial charge in [-0.3, -0.25) is 0 Å². The Bertz CT molecular complexity index is 557. The van der Waals surface area contributed by atoms with Crippen molar-refractivity contribution < 1.29 is 0 Å². The van der Waals surface area contributed by atoms with Gasteiger partial charge in [0.1, 0.15) is 0 Å². The van der Waals surface area contributed by atoms with Crippen LogP contribution in [0, 0.1) is 3.57 Å². The summed E-state index contributed by atoms with van der Waals surface area (Å²) in [6, 6.07) is 15.9. The van der Waals surface area contributed by atoms with Crippen molar-refractivity contribution in [1.82, 2.24) is 0 Å². The molecule has 0 heterocycles. The van der Waals surface area contributed by atoms with Crippen LogP contribution < -0.4 is 10.6 Å². The van der Waals surface area contributed by atoms with Gasteiger partial charge in [0.2, 0.25) is 0 Å². The number of para-hydroxylation sites is 1. The quantitative estimate of drug-likeness (QED) is 0.523. The van der Waals surface area contributed by atoms with Gasteiger partial charge in [-0.2, -0.15) is 0 Å². The molecule has 2 rings (SSSR count). The molecule has 18 heavy (non-hydrogen) atoms. The molecular weight excluding hydrogens is 423 g/mol. The van der Waals surface area contributed by atoms with Gasteiger partial charge in [0.05, 0.1) is 5.69 Å². The number of thiocarbonyl (C=S) groups is 1. The molecule has 0 amide bonds. The minimum atomic E-state index is 0.585. The van der Waals surface area contributed by atoms with Crippen LogP contribution in [0.1, 0.15) is 0 Å². The highest BCUT2D eigenvalue weighted by molar-refractivity contribution is 14.1. The first-order chi connectivity index (χ1) is 8.65. The van der Waals surface area contributed by atoms with Crippen molar-refractivity contribution >= 4 is 67.2 Å². The van der Waals surface area contributed by atoms with Crippen LogP contribution >= 0.6 is 50.7 Å². The van der Waals surface area contributed by atoms with Crippen LogP contribution in [0.2, 0.25) is 0 Å². The summed E-state index contributed by atoms with van der Waals surface area (Å²) < 4.78 is 2.18. The molecule has 0 spiro atoms. The number of rotatable bonds is 2. The molecule has 0 aliphatic heterocycles. The third-order valence-corrected chi connectivity index (χ3v) is 3.90. The second kappa shape index (κ2) is 6.49. The average Bonchev–Trinajstić information content (AvgIpc) is 2.35. The monoisotopic (exact) mass is 432 g/mol. The third-order valence-electron chi connectivity index (χ3n) is 2.22. The lowest BCUT2D eigenvalue weighted by Gasteiger charge is -2.11. The van der Waals surface area contributed by atoms with Crippen molar-refractivity contribution in [2.24, 2.45) is 0 Å². The zero-order valence-electron chi connectivity index (χ0n) is 9.28. The average molecular weight is 433 g/mol. The van der Waals surface area contributed by atoms with Gasteiger partial charge >= 0.3 is 0 Å². The van der Waals surface area contributed by atoms with Crippen LogP contribution in [0.3, 0.4) is 0 Å². The number of halogens is 2. The SMILES string of the molecule is S=C(Nc1ccc(Br)cc1)Nc1ccccc1I. The second-order valence-electron chi connectivity index (χ2n) is 3.57. The molecule has 0 unspecified atom stereocenters. The minimum absolute atomic E-state index is 0.585. The molecule has 92 valence electrons. The molecule has 2 aromatic carbocycles. The summed E-state index contributed by atoms with van der Waals surface area (Å²) in [6.07, 6.45) is 0. The molecule has 0 saturated heterocycles. The van der Waals surface area contributed by atoms with E-state index in [4.69, 9.17) is 12.2 Å². The van der Waals surface area contributed by atoms with Crippen molar-refractivity contribution in [1.29, 1.82) is 0 Å². The lowest BCUT2D eigenvalue weighted by Crippen LogP contribution is -2.19. The van der Waals surface area contributed by atoms with E-state index in [1.54, 1.807) is 0 Å². The molecule has 2 N–H and O–H groups in total. The summed E-state index contributed by atoms with van der Waals surface area (Å²) >= 11 is 10.9. The molecular formula is C13H10BrIN2S. The number of hydrogen-bond acceptors (Lipinski definition) is 1. The fraction of sp³-hybridized carbons (Fsp3) is 0. The number of anilines is 2. The zero-order valence-corrected chi connectivity index (χ0v) is 13.8. The molecule has 5 heteroatoms. The van der Waals surface area contributed by atoms with Crippen LogP contribution in [0.4, 0.5) is 11.4 Å². The summed E-state index contributed by atoms with van der Waals surface area (Å²) in [7, 11) is 0. The molecule has 0 atom stereocenters. The summed E-state index contributed by atoms with van der Waals surface area (Å²) in [6.45, 7) is 0. The molecule has 0 fully saturated rings. The summed E-state index contributed by atoms with van der Waals surface area (Å²) in [5.41, 5.74) is 1.97. The van der Waals surface area contributed by atoms with Crippen LogP contribution in [0.25, 0.3) is 0 Å². The first-order valence-corrected chi connectivity index (χ1v) is 7.51. The Labute approximate surface area is 133 Å². The predicted molar refractivity (Wildman–Crippen MR) is 93.1 cm³/mol. The van der Waals surface area contributed by atoms with Gasteiger partial charge in [-0.1, -0.05) is 28.1 Å². The van der Waals surface area contributed by atoms with Crippen LogP contribution in [0.5, 0.6) is 0 Å². The Morgan fingerprint density at radius 3 is 2.33 bits per heavy atom. The largest absolute Gasteiger partial charge is 0.332 e. The van der Waals surface area contributed by atoms with E-state index in [1.165, 1.54) is 0 Å². The van der Waals surface area contributed by atoms with E-state index < -0.39 is 0 Å². The highest BCUT2D eigenvalue weighted by atomic mass is 127. The molecule has 0 aromatic heterocycles. The first-order valence-electron chi connectivity index (χ1n) is 5.23. The van der Waals surface area contributed by atoms with Crippen molar-refractivity contribution in [3.05, 3.63) is 56.6 Å². The third kappa shape index (κ3) is 3.93. The topological polar surface area (TPSA) is 24.1 Å². The van der Waals surface area contributed by atoms with Gasteiger partial charge < -0.3 is 10.6 Å². The van der Waals surface area contributed by atoms with E-state index in [2.05, 4.69) is 49.2 Å². The Morgan fingerprint density at radius 2 is 1.67 bits per heavy atom. The van der Waals surface area contributed by atoms with E-state index in [0.29, 0.717) is 5.11 Å². The molecule has 2 aromatic rings. The summed E-state index contributed by atoms with van der Waals surface area (Å²) in [5.74, 6) is 0. The van der Waals surface area contributed by atoms with Gasteiger partial charge in [-0.25, -0.2) is 0 Å². The molecule has 0 radical (unpaired) electrons. The van der Waals surface area contributed by atoms with Crippen LogP contribution in [-0.2, 0) is 0 Å². The van der Waals surface area contributed by atoms with E-state index >= 15 is 0 Å². The maximum Gasteiger partial charge on any atom is 0.175 e.